The Morgan fingerprint density at radius 1 is 1.33 bits per heavy atom. The highest BCUT2D eigenvalue weighted by molar-refractivity contribution is 14.1. The second-order valence-corrected chi connectivity index (χ2v) is 8.56. The van der Waals surface area contributed by atoms with Crippen molar-refractivity contribution < 1.29 is 0 Å². The Labute approximate surface area is 146 Å². The molecule has 0 aromatic heterocycles. The molecule has 2 fully saturated rings. The Hall–Kier alpha value is -0.0000000000000000555. The zero-order valence-corrected chi connectivity index (χ0v) is 15.7. The first-order valence-electron chi connectivity index (χ1n) is 7.97. The lowest BCUT2D eigenvalue weighted by molar-refractivity contribution is 0.245. The van der Waals surface area contributed by atoms with Crippen LogP contribution in [-0.4, -0.2) is 24.7 Å². The summed E-state index contributed by atoms with van der Waals surface area (Å²) in [6, 6.07) is 6.97. The van der Waals surface area contributed by atoms with Crippen molar-refractivity contribution in [1.82, 2.24) is 5.32 Å². The molecule has 1 aliphatic carbocycles. The minimum absolute atomic E-state index is 0.317. The molecule has 1 spiro atoms. The minimum Gasteiger partial charge on any atom is -0.364 e. The van der Waals surface area contributed by atoms with E-state index in [1.165, 1.54) is 34.9 Å². The van der Waals surface area contributed by atoms with Crippen molar-refractivity contribution in [2.75, 3.05) is 18.0 Å². The predicted octanol–water partition coefficient (Wildman–Crippen LogP) is 4.69. The van der Waals surface area contributed by atoms with Crippen molar-refractivity contribution in [3.63, 3.8) is 0 Å². The fourth-order valence-corrected chi connectivity index (χ4v) is 4.86. The highest BCUT2D eigenvalue weighted by Gasteiger charge is 2.42. The summed E-state index contributed by atoms with van der Waals surface area (Å²) >= 11 is 8.89. The highest BCUT2D eigenvalue weighted by atomic mass is 127. The first-order chi connectivity index (χ1) is 10.0. The Balaban J connectivity index is 1.93. The standard InChI is InChI=1S/C17H24ClIN2/c1-12(2)16-10-20-17(7-3-4-8-17)11-21(16)15-6-5-13(19)9-14(15)18/h5-6,9,12,16,20H,3-4,7-8,10-11H2,1-2H3. The van der Waals surface area contributed by atoms with E-state index in [0.717, 1.165) is 18.1 Å². The van der Waals surface area contributed by atoms with E-state index in [2.05, 4.69) is 64.9 Å². The lowest BCUT2D eigenvalue weighted by atomic mass is 9.88. The van der Waals surface area contributed by atoms with Crippen LogP contribution in [0.25, 0.3) is 0 Å². The van der Waals surface area contributed by atoms with E-state index in [1.54, 1.807) is 0 Å². The molecule has 4 heteroatoms. The Morgan fingerprint density at radius 3 is 2.67 bits per heavy atom. The largest absolute Gasteiger partial charge is 0.364 e. The average molecular weight is 419 g/mol. The van der Waals surface area contributed by atoms with Crippen molar-refractivity contribution in [3.8, 4) is 0 Å². The molecule has 116 valence electrons. The number of anilines is 1. The monoisotopic (exact) mass is 418 g/mol. The first-order valence-corrected chi connectivity index (χ1v) is 9.43. The second-order valence-electron chi connectivity index (χ2n) is 6.90. The molecule has 1 unspecified atom stereocenters. The third-order valence-corrected chi connectivity index (χ3v) is 6.08. The van der Waals surface area contributed by atoms with Gasteiger partial charge in [0.2, 0.25) is 0 Å². The fourth-order valence-electron chi connectivity index (χ4n) is 3.89. The highest BCUT2D eigenvalue weighted by Crippen LogP contribution is 2.38. The van der Waals surface area contributed by atoms with Gasteiger partial charge in [-0.3, -0.25) is 0 Å². The zero-order chi connectivity index (χ0) is 15.0. The lowest BCUT2D eigenvalue weighted by Crippen LogP contribution is -2.64. The van der Waals surface area contributed by atoms with Crippen LogP contribution in [0.15, 0.2) is 18.2 Å². The number of benzene rings is 1. The first kappa shape index (κ1) is 15.9. The maximum atomic E-state index is 6.56. The smallest absolute Gasteiger partial charge is 0.0650 e. The van der Waals surface area contributed by atoms with E-state index in [1.807, 2.05) is 0 Å². The quantitative estimate of drug-likeness (QED) is 0.701. The summed E-state index contributed by atoms with van der Waals surface area (Å²) in [4.78, 5) is 2.57. The number of nitrogens with one attached hydrogen (secondary N) is 1. The second kappa shape index (κ2) is 6.25. The van der Waals surface area contributed by atoms with Gasteiger partial charge in [-0.2, -0.15) is 0 Å². The van der Waals surface area contributed by atoms with Crippen LogP contribution >= 0.6 is 34.2 Å². The third kappa shape index (κ3) is 3.20. The van der Waals surface area contributed by atoms with Crippen LogP contribution in [0, 0.1) is 9.49 Å². The van der Waals surface area contributed by atoms with Gasteiger partial charge in [-0.1, -0.05) is 38.3 Å². The summed E-state index contributed by atoms with van der Waals surface area (Å²) in [5.74, 6) is 0.617. The molecule has 2 aliphatic rings. The summed E-state index contributed by atoms with van der Waals surface area (Å²) in [5.41, 5.74) is 1.53. The number of rotatable bonds is 2. The lowest BCUT2D eigenvalue weighted by Gasteiger charge is -2.49. The molecule has 1 aromatic carbocycles. The molecule has 0 amide bonds. The molecule has 0 bridgehead atoms. The maximum Gasteiger partial charge on any atom is 0.0650 e. The molecule has 1 heterocycles. The van der Waals surface area contributed by atoms with E-state index in [0.29, 0.717) is 17.5 Å². The zero-order valence-electron chi connectivity index (χ0n) is 12.8. The van der Waals surface area contributed by atoms with Crippen molar-refractivity contribution in [2.45, 2.75) is 51.1 Å². The number of halogens is 2. The van der Waals surface area contributed by atoms with E-state index in [9.17, 15) is 0 Å². The van der Waals surface area contributed by atoms with Gasteiger partial charge in [0, 0.05) is 28.2 Å². The van der Waals surface area contributed by atoms with E-state index in [4.69, 9.17) is 11.6 Å². The molecule has 1 saturated heterocycles. The third-order valence-electron chi connectivity index (χ3n) is 5.11. The van der Waals surface area contributed by atoms with Gasteiger partial charge in [0.15, 0.2) is 0 Å². The van der Waals surface area contributed by atoms with Gasteiger partial charge in [0.1, 0.15) is 0 Å². The van der Waals surface area contributed by atoms with Crippen LogP contribution in [-0.2, 0) is 0 Å². The normalized spacial score (nSPS) is 25.0. The van der Waals surface area contributed by atoms with Crippen molar-refractivity contribution in [3.05, 3.63) is 26.8 Å². The molecule has 1 aliphatic heterocycles. The van der Waals surface area contributed by atoms with E-state index >= 15 is 0 Å². The molecule has 2 nitrogen and oxygen atoms in total. The fraction of sp³-hybridized carbons (Fsp3) is 0.647. The van der Waals surface area contributed by atoms with Gasteiger partial charge in [-0.05, 0) is 59.5 Å². The molecule has 1 atom stereocenters. The molecule has 3 rings (SSSR count). The van der Waals surface area contributed by atoms with Crippen LogP contribution in [0.5, 0.6) is 0 Å². The predicted molar refractivity (Wildman–Crippen MR) is 99.3 cm³/mol. The molecular formula is C17H24ClIN2. The summed E-state index contributed by atoms with van der Waals surface area (Å²) in [6.07, 6.45) is 5.31. The van der Waals surface area contributed by atoms with Gasteiger partial charge < -0.3 is 10.2 Å². The Kier molecular flexibility index (Phi) is 4.72. The van der Waals surface area contributed by atoms with Gasteiger partial charge in [-0.15, -0.1) is 0 Å². The molecule has 1 aromatic rings. The van der Waals surface area contributed by atoms with Crippen LogP contribution in [0.2, 0.25) is 5.02 Å². The van der Waals surface area contributed by atoms with Gasteiger partial charge in [0.05, 0.1) is 10.7 Å². The van der Waals surface area contributed by atoms with Gasteiger partial charge in [0.25, 0.3) is 0 Å². The van der Waals surface area contributed by atoms with Gasteiger partial charge >= 0.3 is 0 Å². The molecule has 0 radical (unpaired) electrons. The Bertz CT molecular complexity index is 512. The SMILES string of the molecule is CC(C)C1CNC2(CCCC2)CN1c1ccc(I)cc1Cl. The van der Waals surface area contributed by atoms with Crippen LogP contribution in [0.3, 0.4) is 0 Å². The molecule has 21 heavy (non-hydrogen) atoms. The average Bonchev–Trinajstić information content (AvgIpc) is 2.86. The number of hydrogen-bond acceptors (Lipinski definition) is 2. The summed E-state index contributed by atoms with van der Waals surface area (Å²) in [5, 5.41) is 4.76. The summed E-state index contributed by atoms with van der Waals surface area (Å²) < 4.78 is 1.20. The van der Waals surface area contributed by atoms with Crippen molar-refractivity contribution in [1.29, 1.82) is 0 Å². The molecule has 1 N–H and O–H groups in total. The topological polar surface area (TPSA) is 15.3 Å². The van der Waals surface area contributed by atoms with Crippen molar-refractivity contribution >= 4 is 39.9 Å². The van der Waals surface area contributed by atoms with Crippen LogP contribution < -0.4 is 10.2 Å². The summed E-state index contributed by atoms with van der Waals surface area (Å²) in [6.45, 7) is 6.79. The molecule has 1 saturated carbocycles. The van der Waals surface area contributed by atoms with E-state index < -0.39 is 0 Å². The van der Waals surface area contributed by atoms with Crippen LogP contribution in [0.4, 0.5) is 5.69 Å². The Morgan fingerprint density at radius 2 is 2.05 bits per heavy atom. The van der Waals surface area contributed by atoms with Crippen molar-refractivity contribution in [2.24, 2.45) is 5.92 Å². The maximum absolute atomic E-state index is 6.56. The number of piperazine rings is 1. The summed E-state index contributed by atoms with van der Waals surface area (Å²) in [7, 11) is 0. The van der Waals surface area contributed by atoms with Crippen LogP contribution in [0.1, 0.15) is 39.5 Å². The number of hydrogen-bond donors (Lipinski definition) is 1. The minimum atomic E-state index is 0.317. The number of nitrogens with zero attached hydrogens (tertiary/aromatic N) is 1. The molecular weight excluding hydrogens is 395 g/mol. The van der Waals surface area contributed by atoms with Gasteiger partial charge in [-0.25, -0.2) is 0 Å². The van der Waals surface area contributed by atoms with E-state index in [-0.39, 0.29) is 0 Å².